The number of amides is 2. The second kappa shape index (κ2) is 8.88. The van der Waals surface area contributed by atoms with Crippen LogP contribution in [0.3, 0.4) is 0 Å². The molecule has 130 valence electrons. The summed E-state index contributed by atoms with van der Waals surface area (Å²) in [7, 11) is -4.04. The zero-order valence-corrected chi connectivity index (χ0v) is 14.4. The first-order valence-corrected chi connectivity index (χ1v) is 8.53. The molecule has 0 aromatic heterocycles. The second-order valence-corrected chi connectivity index (χ2v) is 7.10. The predicted octanol–water partition coefficient (Wildman–Crippen LogP) is -1.05. The Kier molecular flexibility index (Phi) is 7.94. The largest absolute Gasteiger partial charge is 0.706 e. The highest BCUT2D eigenvalue weighted by atomic mass is 28.4. The Hall–Kier alpha value is -2.43. The van der Waals surface area contributed by atoms with Crippen LogP contribution in [-0.2, 0) is 37.3 Å². The summed E-state index contributed by atoms with van der Waals surface area (Å²) in [4.78, 5) is 57.2. The molecule has 0 unspecified atom stereocenters. The molecule has 2 amide bonds. The van der Waals surface area contributed by atoms with Crippen molar-refractivity contribution < 1.29 is 37.3 Å². The molecule has 0 bridgehead atoms. The van der Waals surface area contributed by atoms with Gasteiger partial charge in [0, 0.05) is 34.2 Å². The Morgan fingerprint density at radius 2 is 1.26 bits per heavy atom. The summed E-state index contributed by atoms with van der Waals surface area (Å²) in [6, 6.07) is -0.251. The summed E-state index contributed by atoms with van der Waals surface area (Å²) in [5, 5.41) is 0. The van der Waals surface area contributed by atoms with Crippen LogP contribution < -0.4 is 5.73 Å². The van der Waals surface area contributed by atoms with Gasteiger partial charge in [-0.25, -0.2) is 0 Å². The topological polar surface area (TPSA) is 142 Å². The maximum Gasteiger partial charge on any atom is 0.706 e. The number of carbonyl (C=O) groups excluding carboxylic acids is 5. The van der Waals surface area contributed by atoms with Crippen molar-refractivity contribution in [3.8, 4) is 0 Å². The molecule has 10 nitrogen and oxygen atoms in total. The highest BCUT2D eigenvalue weighted by Gasteiger charge is 2.52. The smallest absolute Gasteiger partial charge is 0.455 e. The van der Waals surface area contributed by atoms with Gasteiger partial charge < -0.3 is 23.9 Å². The monoisotopic (exact) mass is 348 g/mol. The number of hydrogen-bond donors (Lipinski definition) is 1. The zero-order chi connectivity index (χ0) is 18.2. The van der Waals surface area contributed by atoms with Gasteiger partial charge in [-0.15, -0.1) is 0 Å². The van der Waals surface area contributed by atoms with Crippen LogP contribution in [0.15, 0.2) is 0 Å². The lowest BCUT2D eigenvalue weighted by atomic mass is 10.4. The third-order valence-electron chi connectivity index (χ3n) is 2.38. The second-order valence-electron chi connectivity index (χ2n) is 4.62. The van der Waals surface area contributed by atoms with Gasteiger partial charge in [0.2, 0.25) is 11.8 Å². The molecule has 0 rings (SSSR count). The van der Waals surface area contributed by atoms with Crippen molar-refractivity contribution in [2.24, 2.45) is 5.73 Å². The van der Waals surface area contributed by atoms with Gasteiger partial charge >= 0.3 is 8.80 Å². The minimum absolute atomic E-state index is 0.154. The number of rotatable bonds is 8. The van der Waals surface area contributed by atoms with Crippen LogP contribution in [-0.4, -0.2) is 56.5 Å². The molecule has 0 saturated carbocycles. The molecule has 0 aliphatic heterocycles. The van der Waals surface area contributed by atoms with Gasteiger partial charge in [-0.2, -0.15) is 0 Å². The summed E-state index contributed by atoms with van der Waals surface area (Å²) >= 11 is 0. The van der Waals surface area contributed by atoms with Crippen LogP contribution in [0.1, 0.15) is 27.7 Å². The molecule has 0 aliphatic carbocycles. The molecule has 0 atom stereocenters. The molecule has 0 fully saturated rings. The number of primary amides is 1. The molecular weight excluding hydrogens is 328 g/mol. The normalized spacial score (nSPS) is 10.4. The van der Waals surface area contributed by atoms with E-state index in [-0.39, 0.29) is 19.1 Å². The van der Waals surface area contributed by atoms with Crippen molar-refractivity contribution in [3.05, 3.63) is 0 Å². The first-order valence-electron chi connectivity index (χ1n) is 6.60. The lowest BCUT2D eigenvalue weighted by Gasteiger charge is -2.28. The van der Waals surface area contributed by atoms with Crippen molar-refractivity contribution in [2.45, 2.75) is 33.7 Å². The fraction of sp³-hybridized carbons (Fsp3) is 0.583. The van der Waals surface area contributed by atoms with E-state index in [1.54, 1.807) is 0 Å². The average molecular weight is 348 g/mol. The van der Waals surface area contributed by atoms with E-state index in [1.807, 2.05) is 0 Å². The fourth-order valence-electron chi connectivity index (χ4n) is 1.68. The van der Waals surface area contributed by atoms with E-state index < -0.39 is 38.5 Å². The maximum atomic E-state index is 11.5. The average Bonchev–Trinajstić information content (AvgIpc) is 2.30. The molecule has 11 heteroatoms. The van der Waals surface area contributed by atoms with Crippen LogP contribution in [0.2, 0.25) is 6.04 Å². The van der Waals surface area contributed by atoms with E-state index in [4.69, 9.17) is 19.0 Å². The van der Waals surface area contributed by atoms with E-state index in [0.717, 1.165) is 25.7 Å². The molecule has 0 saturated heterocycles. The Labute approximate surface area is 134 Å². The lowest BCUT2D eigenvalue weighted by molar-refractivity contribution is -0.148. The third kappa shape index (κ3) is 8.56. The number of nitrogens with zero attached hydrogens (tertiary/aromatic N) is 1. The molecule has 0 radical (unpaired) electrons. The van der Waals surface area contributed by atoms with Crippen molar-refractivity contribution >= 4 is 38.5 Å². The summed E-state index contributed by atoms with van der Waals surface area (Å²) in [5.74, 6) is -3.67. The molecular formula is C12H20N2O8Si. The van der Waals surface area contributed by atoms with Crippen LogP contribution in [0.5, 0.6) is 0 Å². The summed E-state index contributed by atoms with van der Waals surface area (Å²) in [6.07, 6.45) is 0. The zero-order valence-electron chi connectivity index (χ0n) is 13.4. The molecule has 0 spiro atoms. The van der Waals surface area contributed by atoms with Gasteiger partial charge in [0.1, 0.15) is 0 Å². The van der Waals surface area contributed by atoms with E-state index >= 15 is 0 Å². The van der Waals surface area contributed by atoms with E-state index in [1.165, 1.54) is 6.92 Å². The highest BCUT2D eigenvalue weighted by molar-refractivity contribution is 6.65. The van der Waals surface area contributed by atoms with E-state index in [2.05, 4.69) is 0 Å². The molecule has 2 N–H and O–H groups in total. The van der Waals surface area contributed by atoms with Crippen molar-refractivity contribution in [2.75, 3.05) is 13.1 Å². The summed E-state index contributed by atoms with van der Waals surface area (Å²) in [5.41, 5.74) is 5.04. The predicted molar refractivity (Wildman–Crippen MR) is 77.3 cm³/mol. The van der Waals surface area contributed by atoms with Crippen LogP contribution in [0.25, 0.3) is 0 Å². The third-order valence-corrected chi connectivity index (χ3v) is 5.01. The van der Waals surface area contributed by atoms with Crippen molar-refractivity contribution in [1.82, 2.24) is 4.90 Å². The Morgan fingerprint density at radius 1 is 0.870 bits per heavy atom. The molecule has 23 heavy (non-hydrogen) atoms. The quantitative estimate of drug-likeness (QED) is 0.547. The minimum Gasteiger partial charge on any atom is -0.455 e. The first-order chi connectivity index (χ1) is 10.5. The van der Waals surface area contributed by atoms with E-state index in [0.29, 0.717) is 0 Å². The molecule has 0 aromatic carbocycles. The van der Waals surface area contributed by atoms with Crippen molar-refractivity contribution in [3.63, 3.8) is 0 Å². The standard InChI is InChI=1S/C12H20N2O8Si/c1-8(15)14(7-12(13)19)5-6-23(20-9(2)16,21-10(3)17)22-11(4)18/h5-7H2,1-4H3,(H2,13,19). The highest BCUT2D eigenvalue weighted by Crippen LogP contribution is 2.18. The Morgan fingerprint density at radius 3 is 1.52 bits per heavy atom. The summed E-state index contributed by atoms with van der Waals surface area (Å²) < 4.78 is 14.9. The lowest BCUT2D eigenvalue weighted by Crippen LogP contribution is -2.52. The fourth-order valence-corrected chi connectivity index (χ4v) is 3.97. The van der Waals surface area contributed by atoms with Gasteiger partial charge in [-0.05, 0) is 0 Å². The van der Waals surface area contributed by atoms with Gasteiger partial charge in [0.05, 0.1) is 12.6 Å². The van der Waals surface area contributed by atoms with Gasteiger partial charge in [0.25, 0.3) is 17.9 Å². The van der Waals surface area contributed by atoms with Gasteiger partial charge in [-0.1, -0.05) is 0 Å². The number of carbonyl (C=O) groups is 5. The maximum absolute atomic E-state index is 11.5. The summed E-state index contributed by atoms with van der Waals surface area (Å²) in [6.45, 7) is 3.84. The van der Waals surface area contributed by atoms with Crippen LogP contribution in [0, 0.1) is 0 Å². The number of nitrogens with two attached hydrogens (primary N) is 1. The van der Waals surface area contributed by atoms with Crippen LogP contribution >= 0.6 is 0 Å². The SMILES string of the molecule is CC(=O)O[Si](CCN(CC(N)=O)C(C)=O)(OC(C)=O)OC(C)=O. The van der Waals surface area contributed by atoms with Crippen LogP contribution in [0.4, 0.5) is 0 Å². The Balaban J connectivity index is 5.33. The molecule has 0 heterocycles. The molecule has 0 aliphatic rings. The van der Waals surface area contributed by atoms with Gasteiger partial charge in [-0.3, -0.25) is 24.0 Å². The number of hydrogen-bond acceptors (Lipinski definition) is 8. The first kappa shape index (κ1) is 20.6. The Bertz CT molecular complexity index is 466. The van der Waals surface area contributed by atoms with Gasteiger partial charge in [0.15, 0.2) is 0 Å². The minimum atomic E-state index is -4.04. The van der Waals surface area contributed by atoms with E-state index in [9.17, 15) is 24.0 Å². The van der Waals surface area contributed by atoms with Crippen molar-refractivity contribution in [1.29, 1.82) is 0 Å². The molecule has 0 aromatic rings.